The predicted molar refractivity (Wildman–Crippen MR) is 247 cm³/mol. The molecular weight excluding hydrogens is 759 g/mol. The fourth-order valence-corrected chi connectivity index (χ4v) is 10.1. The Kier molecular flexibility index (Phi) is 11.7. The van der Waals surface area contributed by atoms with Gasteiger partial charge in [0.1, 0.15) is 18.2 Å². The van der Waals surface area contributed by atoms with Crippen LogP contribution in [0.4, 0.5) is 21.9 Å². The molecule has 5 heterocycles. The van der Waals surface area contributed by atoms with Crippen LogP contribution in [0.2, 0.25) is 0 Å². The quantitative estimate of drug-likeness (QED) is 0.256. The van der Waals surface area contributed by atoms with Gasteiger partial charge >= 0.3 is 6.03 Å². The summed E-state index contributed by atoms with van der Waals surface area (Å²) in [7, 11) is 0. The second-order valence-corrected chi connectivity index (χ2v) is 17.5. The van der Waals surface area contributed by atoms with Gasteiger partial charge in [0, 0.05) is 67.5 Å². The highest BCUT2D eigenvalue weighted by molar-refractivity contribution is 6.06. The van der Waals surface area contributed by atoms with E-state index in [2.05, 4.69) is 120 Å². The van der Waals surface area contributed by atoms with Crippen molar-refractivity contribution >= 4 is 35.2 Å². The third kappa shape index (κ3) is 8.82. The van der Waals surface area contributed by atoms with Gasteiger partial charge in [0.25, 0.3) is 0 Å². The van der Waals surface area contributed by atoms with E-state index in [1.54, 1.807) is 4.90 Å². The highest BCUT2D eigenvalue weighted by Gasteiger charge is 2.30. The molecule has 3 amide bonds. The molecule has 2 aromatic rings. The molecule has 0 radical (unpaired) electrons. The minimum absolute atomic E-state index is 0.207. The number of rotatable bonds is 7. The van der Waals surface area contributed by atoms with Gasteiger partial charge in [-0.15, -0.1) is 0 Å². The van der Waals surface area contributed by atoms with Crippen LogP contribution in [0.5, 0.6) is 0 Å². The maximum atomic E-state index is 12.4. The van der Waals surface area contributed by atoms with Crippen LogP contribution in [-0.4, -0.2) is 75.0 Å². The number of piperidine rings is 2. The molecule has 7 aliphatic rings. The number of allylic oxidation sites excluding steroid dienone is 10. The third-order valence-electron chi connectivity index (χ3n) is 13.7. The largest absolute Gasteiger partial charge is 0.489 e. The molecule has 2 aromatic carbocycles. The van der Waals surface area contributed by atoms with Crippen LogP contribution >= 0.6 is 0 Å². The number of aliphatic imine (C=N–C) groups is 1. The van der Waals surface area contributed by atoms with Crippen LogP contribution in [0.3, 0.4) is 0 Å². The van der Waals surface area contributed by atoms with Crippen molar-refractivity contribution < 1.29 is 14.3 Å². The smallest absolute Gasteiger partial charge is 0.328 e. The summed E-state index contributed by atoms with van der Waals surface area (Å²) in [6.45, 7) is 19.2. The number of anilines is 3. The zero-order valence-corrected chi connectivity index (χ0v) is 35.8. The molecule has 3 fully saturated rings. The lowest BCUT2D eigenvalue weighted by Crippen LogP contribution is -2.49. The lowest BCUT2D eigenvalue weighted by molar-refractivity contribution is -0.120. The lowest BCUT2D eigenvalue weighted by Gasteiger charge is -2.42. The number of hydrogen-bond donors (Lipinski definition) is 3. The average molecular weight is 818 g/mol. The maximum absolute atomic E-state index is 12.4. The number of hydrogen-bond acceptors (Lipinski definition) is 8. The van der Waals surface area contributed by atoms with E-state index in [1.165, 1.54) is 52.0 Å². The van der Waals surface area contributed by atoms with Gasteiger partial charge in [-0.3, -0.25) is 15.0 Å². The summed E-state index contributed by atoms with van der Waals surface area (Å²) in [5, 5.41) is 9.55. The first-order valence-electron chi connectivity index (χ1n) is 22.3. The van der Waals surface area contributed by atoms with Gasteiger partial charge in [-0.1, -0.05) is 49.1 Å². The van der Waals surface area contributed by atoms with E-state index in [-0.39, 0.29) is 11.9 Å². The molecule has 0 saturated carbocycles. The molecule has 3 N–H and O–H groups in total. The van der Waals surface area contributed by atoms with E-state index in [9.17, 15) is 9.59 Å². The van der Waals surface area contributed by atoms with Gasteiger partial charge in [0.15, 0.2) is 0 Å². The fraction of sp³-hybridized carbons (Fsp3) is 0.392. The Bertz CT molecular complexity index is 2340. The zero-order chi connectivity index (χ0) is 42.0. The fourth-order valence-electron chi connectivity index (χ4n) is 10.1. The summed E-state index contributed by atoms with van der Waals surface area (Å²) in [6.07, 6.45) is 19.7. The molecule has 9 rings (SSSR count). The van der Waals surface area contributed by atoms with Gasteiger partial charge in [-0.2, -0.15) is 0 Å². The van der Waals surface area contributed by atoms with Crippen molar-refractivity contribution in [2.45, 2.75) is 83.6 Å². The lowest BCUT2D eigenvalue weighted by atomic mass is 9.88. The average Bonchev–Trinajstić information content (AvgIpc) is 3.62. The summed E-state index contributed by atoms with van der Waals surface area (Å²) in [5.41, 5.74) is 15.1. The Morgan fingerprint density at radius 3 is 2.43 bits per heavy atom. The number of ether oxygens (including phenoxy) is 1. The number of nitrogens with one attached hydrogen (secondary N) is 3. The van der Waals surface area contributed by atoms with Crippen LogP contribution in [0.15, 0.2) is 141 Å². The van der Waals surface area contributed by atoms with Crippen molar-refractivity contribution in [2.24, 2.45) is 4.99 Å². The van der Waals surface area contributed by atoms with Crippen LogP contribution in [-0.2, 0) is 9.53 Å². The normalized spacial score (nSPS) is 22.9. The zero-order valence-electron chi connectivity index (χ0n) is 35.8. The Morgan fingerprint density at radius 2 is 1.66 bits per heavy atom. The number of likely N-dealkylation sites (tertiary alicyclic amines) is 1. The van der Waals surface area contributed by atoms with Gasteiger partial charge in [0.05, 0.1) is 5.70 Å². The summed E-state index contributed by atoms with van der Waals surface area (Å²) >= 11 is 0. The summed E-state index contributed by atoms with van der Waals surface area (Å²) in [5.74, 6) is 2.07. The van der Waals surface area contributed by atoms with Gasteiger partial charge < -0.3 is 25.2 Å². The summed E-state index contributed by atoms with van der Waals surface area (Å²) in [4.78, 5) is 35.8. The van der Waals surface area contributed by atoms with E-state index in [1.807, 2.05) is 6.07 Å². The van der Waals surface area contributed by atoms with Crippen molar-refractivity contribution in [3.05, 3.63) is 147 Å². The second kappa shape index (κ2) is 17.6. The number of urea groups is 1. The number of nitrogens with zero attached hydrogens (tertiary/aromatic N) is 4. The van der Waals surface area contributed by atoms with Crippen LogP contribution < -0.4 is 25.8 Å². The molecule has 0 bridgehead atoms. The van der Waals surface area contributed by atoms with E-state index >= 15 is 0 Å². The van der Waals surface area contributed by atoms with Crippen LogP contribution in [0.25, 0.3) is 0 Å². The Morgan fingerprint density at radius 1 is 0.869 bits per heavy atom. The Balaban J connectivity index is 0.744. The van der Waals surface area contributed by atoms with E-state index in [4.69, 9.17) is 9.73 Å². The molecule has 10 heteroatoms. The minimum atomic E-state index is -0.333. The van der Waals surface area contributed by atoms with Crippen molar-refractivity contribution in [2.75, 3.05) is 61.0 Å². The second-order valence-electron chi connectivity index (χ2n) is 17.5. The highest BCUT2D eigenvalue weighted by atomic mass is 16.5. The van der Waals surface area contributed by atoms with Crippen LogP contribution in [0, 0.1) is 6.92 Å². The monoisotopic (exact) mass is 817 g/mol. The summed E-state index contributed by atoms with van der Waals surface area (Å²) < 4.78 is 5.97. The van der Waals surface area contributed by atoms with Gasteiger partial charge in [0.2, 0.25) is 5.91 Å². The molecule has 61 heavy (non-hydrogen) atoms. The van der Waals surface area contributed by atoms with Gasteiger partial charge in [-0.05, 0) is 160 Å². The molecular formula is C51H59N7O3. The number of carbonyl (C=O) groups excluding carboxylic acids is 2. The number of amides is 3. The van der Waals surface area contributed by atoms with Crippen molar-refractivity contribution in [1.29, 1.82) is 0 Å². The molecule has 10 nitrogen and oxygen atoms in total. The molecule has 3 saturated heterocycles. The molecule has 0 aromatic heterocycles. The SMILES string of the molecule is C=C1C=C(Nc2ccc(C3CCN(C4CCN(c5ccc(N6CCC(=O)NC6=O)c(C)c5)CC4)CC3)cc2)N=CC2=C1CC/C(=C/C1=C(C)C3=C(OCCN3)C(=C)C=C1)CC2. The molecule has 5 aliphatic heterocycles. The number of aryl methyl sites for hydroxylation is 1. The third-order valence-corrected chi connectivity index (χ3v) is 13.7. The number of benzene rings is 2. The topological polar surface area (TPSA) is 102 Å². The van der Waals surface area contributed by atoms with Crippen molar-refractivity contribution in [3.63, 3.8) is 0 Å². The Labute approximate surface area is 360 Å². The van der Waals surface area contributed by atoms with Crippen molar-refractivity contribution in [1.82, 2.24) is 15.5 Å². The minimum Gasteiger partial charge on any atom is -0.489 e. The van der Waals surface area contributed by atoms with E-state index < -0.39 is 0 Å². The van der Waals surface area contributed by atoms with Gasteiger partial charge in [-0.25, -0.2) is 9.79 Å². The molecule has 0 unspecified atom stereocenters. The molecule has 2 aliphatic carbocycles. The molecule has 0 atom stereocenters. The van der Waals surface area contributed by atoms with E-state index in [0.29, 0.717) is 31.5 Å². The number of carbonyl (C=O) groups is 2. The number of imide groups is 1. The molecule has 316 valence electrons. The predicted octanol–water partition coefficient (Wildman–Crippen LogP) is 9.25. The van der Waals surface area contributed by atoms with E-state index in [0.717, 1.165) is 117 Å². The van der Waals surface area contributed by atoms with Crippen LogP contribution in [0.1, 0.15) is 81.8 Å². The maximum Gasteiger partial charge on any atom is 0.328 e. The highest BCUT2D eigenvalue weighted by Crippen LogP contribution is 2.37. The standard InChI is InChI=1S/C51H59N7O3/c1-33-5-8-40(36(4)49-50(33)61-28-22-52-49)31-37-6-9-41-32-53-47(30-34(2)45(41)15-7-37)54-42-12-10-38(11-13-42)39-17-23-56(24-18-39)43-19-25-57(26-20-43)44-14-16-46(35(3)29-44)58-27-21-48(59)55-51(58)60/h5,8,10-14,16,29-32,39,43,52,54H,1-2,6-7,9,15,17-28H2,3-4H3,(H,55,59,60)/b37-31+. The van der Waals surface area contributed by atoms with Crippen molar-refractivity contribution in [3.8, 4) is 0 Å². The Hall–Kier alpha value is -5.87. The summed E-state index contributed by atoms with van der Waals surface area (Å²) in [6, 6.07) is 15.6. The first kappa shape index (κ1) is 40.5. The first-order valence-corrected chi connectivity index (χ1v) is 22.3. The first-order chi connectivity index (χ1) is 29.7. The molecule has 0 spiro atoms.